The fourth-order valence-electron chi connectivity index (χ4n) is 2.46. The zero-order valence-electron chi connectivity index (χ0n) is 12.4. The predicted molar refractivity (Wildman–Crippen MR) is 80.9 cm³/mol. The summed E-state index contributed by atoms with van der Waals surface area (Å²) in [5.74, 6) is -0.313. The average Bonchev–Trinajstić information content (AvgIpc) is 3.13. The van der Waals surface area contributed by atoms with Gasteiger partial charge in [-0.3, -0.25) is 0 Å². The molecule has 0 radical (unpaired) electrons. The van der Waals surface area contributed by atoms with Crippen LogP contribution in [0.4, 0.5) is 0 Å². The van der Waals surface area contributed by atoms with Crippen LogP contribution in [0.5, 0.6) is 0 Å². The van der Waals surface area contributed by atoms with Crippen LogP contribution in [0.15, 0.2) is 49.1 Å². The minimum Gasteiger partial charge on any atom is -0.462 e. The minimum atomic E-state index is -0.313. The van der Waals surface area contributed by atoms with Crippen molar-refractivity contribution in [2.75, 3.05) is 6.61 Å². The van der Waals surface area contributed by atoms with Crippen LogP contribution < -0.4 is 9.73 Å². The lowest BCUT2D eigenvalue weighted by Gasteiger charge is -2.02. The van der Waals surface area contributed by atoms with Gasteiger partial charge in [-0.2, -0.15) is 4.52 Å². The van der Waals surface area contributed by atoms with E-state index < -0.39 is 0 Å². The molecule has 3 heterocycles. The zero-order valence-corrected chi connectivity index (χ0v) is 12.4. The van der Waals surface area contributed by atoms with E-state index >= 15 is 0 Å². The zero-order chi connectivity index (χ0) is 15.8. The standard InChI is InChI=1S/C16H13N5O2/c1-2-23-16(22)12-5-3-11(4-6-12)13-9-20-15-14(17-7-8-18-15)19-21(20)10-13/h3-10H,2H2,1H3. The first-order valence-electron chi connectivity index (χ1n) is 7.21. The normalized spacial score (nSPS) is 11.2. The van der Waals surface area contributed by atoms with E-state index in [1.807, 2.05) is 29.0 Å². The van der Waals surface area contributed by atoms with Gasteiger partial charge in [0.2, 0.25) is 6.20 Å². The van der Waals surface area contributed by atoms with Gasteiger partial charge in [-0.1, -0.05) is 16.8 Å². The molecule has 0 saturated carbocycles. The van der Waals surface area contributed by atoms with E-state index in [2.05, 4.69) is 15.1 Å². The third-order valence-corrected chi connectivity index (χ3v) is 3.54. The van der Waals surface area contributed by atoms with Gasteiger partial charge < -0.3 is 9.72 Å². The summed E-state index contributed by atoms with van der Waals surface area (Å²) in [5, 5.41) is 4.36. The van der Waals surface area contributed by atoms with Crippen molar-refractivity contribution >= 4 is 17.3 Å². The molecule has 4 aromatic rings. The van der Waals surface area contributed by atoms with Crippen LogP contribution in [0.2, 0.25) is 0 Å². The fraction of sp³-hybridized carbons (Fsp3) is 0.125. The molecule has 0 fully saturated rings. The van der Waals surface area contributed by atoms with E-state index in [-0.39, 0.29) is 5.97 Å². The fourth-order valence-corrected chi connectivity index (χ4v) is 2.46. The summed E-state index contributed by atoms with van der Waals surface area (Å²) in [6, 6.07) is 7.28. The Morgan fingerprint density at radius 3 is 2.78 bits per heavy atom. The smallest absolute Gasteiger partial charge is 0.338 e. The van der Waals surface area contributed by atoms with Crippen molar-refractivity contribution in [1.29, 1.82) is 0 Å². The van der Waals surface area contributed by atoms with Gasteiger partial charge in [-0.05, 0) is 30.8 Å². The lowest BCUT2D eigenvalue weighted by molar-refractivity contribution is -0.674. The van der Waals surface area contributed by atoms with E-state index in [0.717, 1.165) is 11.1 Å². The summed E-state index contributed by atoms with van der Waals surface area (Å²) in [5.41, 5.74) is 3.78. The Bertz CT molecular complexity index is 1000. The van der Waals surface area contributed by atoms with E-state index in [4.69, 9.17) is 4.74 Å². The maximum absolute atomic E-state index is 11.7. The SMILES string of the molecule is CCOC(=O)c1ccc(-c2cn3c4nccnc4[n-][n+]3c2)cc1. The molecule has 7 heteroatoms. The first-order valence-corrected chi connectivity index (χ1v) is 7.21. The number of carbonyl (C=O) groups excluding carboxylic acids is 1. The molecule has 0 atom stereocenters. The Balaban J connectivity index is 1.72. The van der Waals surface area contributed by atoms with Crippen molar-refractivity contribution in [2.45, 2.75) is 6.92 Å². The molecule has 0 saturated heterocycles. The largest absolute Gasteiger partial charge is 0.462 e. The molecular weight excluding hydrogens is 294 g/mol. The number of hydrogen-bond donors (Lipinski definition) is 0. The Morgan fingerprint density at radius 2 is 2.00 bits per heavy atom. The second-order valence-electron chi connectivity index (χ2n) is 4.98. The third-order valence-electron chi connectivity index (χ3n) is 3.54. The second-order valence-corrected chi connectivity index (χ2v) is 4.98. The van der Waals surface area contributed by atoms with Gasteiger partial charge in [-0.15, -0.1) is 5.10 Å². The van der Waals surface area contributed by atoms with Crippen LogP contribution in [0, 0.1) is 0 Å². The summed E-state index contributed by atoms with van der Waals surface area (Å²) < 4.78 is 8.51. The lowest BCUT2D eigenvalue weighted by Crippen LogP contribution is -2.28. The molecular formula is C16H13N5O2. The van der Waals surface area contributed by atoms with Crippen molar-refractivity contribution in [3.8, 4) is 11.1 Å². The summed E-state index contributed by atoms with van der Waals surface area (Å²) in [6.45, 7) is 2.15. The van der Waals surface area contributed by atoms with Gasteiger partial charge in [0.1, 0.15) is 5.65 Å². The number of carbonyl (C=O) groups is 1. The topological polar surface area (TPSA) is 74.7 Å². The molecule has 1 aromatic carbocycles. The van der Waals surface area contributed by atoms with Crippen LogP contribution in [0.1, 0.15) is 17.3 Å². The van der Waals surface area contributed by atoms with E-state index in [1.165, 1.54) is 0 Å². The van der Waals surface area contributed by atoms with E-state index in [1.54, 1.807) is 36.1 Å². The minimum absolute atomic E-state index is 0.313. The Labute approximate surface area is 131 Å². The number of hydrogen-bond acceptors (Lipinski definition) is 4. The van der Waals surface area contributed by atoms with Gasteiger partial charge in [0.15, 0.2) is 5.65 Å². The summed E-state index contributed by atoms with van der Waals surface area (Å²) in [4.78, 5) is 20.1. The van der Waals surface area contributed by atoms with Gasteiger partial charge >= 0.3 is 5.97 Å². The molecule has 114 valence electrons. The highest BCUT2D eigenvalue weighted by Gasteiger charge is 2.12. The molecule has 0 bridgehead atoms. The number of esters is 1. The highest BCUT2D eigenvalue weighted by atomic mass is 16.5. The quantitative estimate of drug-likeness (QED) is 0.421. The summed E-state index contributed by atoms with van der Waals surface area (Å²) >= 11 is 0. The highest BCUT2D eigenvalue weighted by Crippen LogP contribution is 2.19. The Hall–Kier alpha value is -3.22. The maximum atomic E-state index is 11.7. The lowest BCUT2D eigenvalue weighted by atomic mass is 10.1. The molecule has 0 aliphatic carbocycles. The average molecular weight is 307 g/mol. The predicted octanol–water partition coefficient (Wildman–Crippen LogP) is 1.27. The van der Waals surface area contributed by atoms with Crippen LogP contribution in [-0.4, -0.2) is 27.1 Å². The van der Waals surface area contributed by atoms with E-state index in [0.29, 0.717) is 23.5 Å². The number of nitrogens with zero attached hydrogens (tertiary/aromatic N) is 5. The van der Waals surface area contributed by atoms with Crippen LogP contribution >= 0.6 is 0 Å². The second kappa shape index (κ2) is 5.20. The Kier molecular flexibility index (Phi) is 3.04. The van der Waals surface area contributed by atoms with Crippen molar-refractivity contribution in [3.63, 3.8) is 0 Å². The molecule has 0 spiro atoms. The molecule has 0 unspecified atom stereocenters. The molecule has 0 aliphatic rings. The molecule has 0 amide bonds. The van der Waals surface area contributed by atoms with Gasteiger partial charge in [0, 0.05) is 12.4 Å². The van der Waals surface area contributed by atoms with Gasteiger partial charge in [0.25, 0.3) is 0 Å². The summed E-state index contributed by atoms with van der Waals surface area (Å²) in [7, 11) is 0. The monoisotopic (exact) mass is 307 g/mol. The van der Waals surface area contributed by atoms with Crippen molar-refractivity contribution in [2.24, 2.45) is 0 Å². The molecule has 3 aromatic heterocycles. The van der Waals surface area contributed by atoms with Crippen LogP contribution in [0.25, 0.3) is 22.4 Å². The Morgan fingerprint density at radius 1 is 1.22 bits per heavy atom. The molecule has 7 nitrogen and oxygen atoms in total. The van der Waals surface area contributed by atoms with Crippen molar-refractivity contribution < 1.29 is 14.2 Å². The molecule has 4 rings (SSSR count). The highest BCUT2D eigenvalue weighted by molar-refractivity contribution is 5.90. The van der Waals surface area contributed by atoms with Gasteiger partial charge in [0.05, 0.1) is 17.7 Å². The molecule has 23 heavy (non-hydrogen) atoms. The van der Waals surface area contributed by atoms with Gasteiger partial charge in [-0.25, -0.2) is 9.78 Å². The molecule has 0 aliphatic heterocycles. The van der Waals surface area contributed by atoms with Crippen LogP contribution in [0.3, 0.4) is 0 Å². The number of fused-ring (bicyclic) bond motifs is 3. The number of aromatic nitrogens is 5. The first kappa shape index (κ1) is 13.4. The molecule has 0 N–H and O–H groups in total. The van der Waals surface area contributed by atoms with Crippen molar-refractivity contribution in [1.82, 2.24) is 19.6 Å². The number of ether oxygens (including phenoxy) is 1. The first-order chi connectivity index (χ1) is 11.3. The third kappa shape index (κ3) is 2.22. The maximum Gasteiger partial charge on any atom is 0.338 e. The number of rotatable bonds is 3. The van der Waals surface area contributed by atoms with E-state index in [9.17, 15) is 4.79 Å². The number of benzene rings is 1. The van der Waals surface area contributed by atoms with Crippen LogP contribution in [-0.2, 0) is 4.74 Å². The summed E-state index contributed by atoms with van der Waals surface area (Å²) in [6.07, 6.45) is 7.08. The van der Waals surface area contributed by atoms with Crippen molar-refractivity contribution in [3.05, 3.63) is 54.6 Å².